The monoisotopic (exact) mass is 204 g/mol. The third-order valence-electron chi connectivity index (χ3n) is 2.97. The Balaban J connectivity index is 1.91. The van der Waals surface area contributed by atoms with Gasteiger partial charge >= 0.3 is 0 Å². The van der Waals surface area contributed by atoms with Crippen LogP contribution in [0.5, 0.6) is 0 Å². The molecule has 1 atom stereocenters. The van der Waals surface area contributed by atoms with Crippen LogP contribution in [-0.2, 0) is 4.79 Å². The summed E-state index contributed by atoms with van der Waals surface area (Å²) in [6.45, 7) is 1.97. The predicted octanol–water partition coefficient (Wildman–Crippen LogP) is 2.06. The maximum atomic E-state index is 11.7. The summed E-state index contributed by atoms with van der Waals surface area (Å²) in [5, 5.41) is 3.00. The number of nitrogens with one attached hydrogen (secondary N) is 1. The Kier molecular flexibility index (Phi) is 2.99. The molecule has 0 spiro atoms. The van der Waals surface area contributed by atoms with Crippen LogP contribution in [-0.4, -0.2) is 10.9 Å². The first kappa shape index (κ1) is 10.1. The van der Waals surface area contributed by atoms with Crippen molar-refractivity contribution in [2.24, 2.45) is 5.92 Å². The van der Waals surface area contributed by atoms with Crippen LogP contribution < -0.4 is 5.32 Å². The Morgan fingerprint density at radius 2 is 2.33 bits per heavy atom. The van der Waals surface area contributed by atoms with E-state index in [0.717, 1.165) is 18.5 Å². The van der Waals surface area contributed by atoms with Crippen LogP contribution in [0.4, 0.5) is 0 Å². The molecule has 0 unspecified atom stereocenters. The van der Waals surface area contributed by atoms with Crippen molar-refractivity contribution in [3.05, 3.63) is 30.1 Å². The largest absolute Gasteiger partial charge is 0.348 e. The quantitative estimate of drug-likeness (QED) is 0.818. The SMILES string of the molecule is C[C@@H](NC(=O)C1CCC1)c1ccccn1. The highest BCUT2D eigenvalue weighted by molar-refractivity contribution is 5.79. The smallest absolute Gasteiger partial charge is 0.223 e. The zero-order valence-electron chi connectivity index (χ0n) is 8.94. The van der Waals surface area contributed by atoms with Gasteiger partial charge in [-0.2, -0.15) is 0 Å². The molecule has 3 nitrogen and oxygen atoms in total. The van der Waals surface area contributed by atoms with Gasteiger partial charge in [0.1, 0.15) is 0 Å². The second kappa shape index (κ2) is 4.43. The van der Waals surface area contributed by atoms with Crippen molar-refractivity contribution in [2.45, 2.75) is 32.2 Å². The predicted molar refractivity (Wildman–Crippen MR) is 58.1 cm³/mol. The highest BCUT2D eigenvalue weighted by Gasteiger charge is 2.26. The third kappa shape index (κ3) is 2.35. The molecule has 0 bridgehead atoms. The summed E-state index contributed by atoms with van der Waals surface area (Å²) in [7, 11) is 0. The zero-order chi connectivity index (χ0) is 10.7. The van der Waals surface area contributed by atoms with Gasteiger partial charge in [0, 0.05) is 12.1 Å². The maximum Gasteiger partial charge on any atom is 0.223 e. The number of nitrogens with zero attached hydrogens (tertiary/aromatic N) is 1. The molecule has 80 valence electrons. The fraction of sp³-hybridized carbons (Fsp3) is 0.500. The van der Waals surface area contributed by atoms with E-state index in [1.165, 1.54) is 6.42 Å². The number of rotatable bonds is 3. The summed E-state index contributed by atoms with van der Waals surface area (Å²) >= 11 is 0. The molecule has 1 heterocycles. The molecule has 1 amide bonds. The Bertz CT molecular complexity index is 333. The number of amides is 1. The molecular formula is C12H16N2O. The number of carbonyl (C=O) groups excluding carboxylic acids is 1. The Hall–Kier alpha value is -1.38. The molecule has 0 aromatic carbocycles. The molecule has 1 aromatic rings. The van der Waals surface area contributed by atoms with Crippen molar-refractivity contribution >= 4 is 5.91 Å². The van der Waals surface area contributed by atoms with Crippen LogP contribution in [0.1, 0.15) is 37.9 Å². The van der Waals surface area contributed by atoms with Gasteiger partial charge in [-0.15, -0.1) is 0 Å². The van der Waals surface area contributed by atoms with Crippen molar-refractivity contribution in [1.82, 2.24) is 10.3 Å². The van der Waals surface area contributed by atoms with Crippen LogP contribution in [0.3, 0.4) is 0 Å². The zero-order valence-corrected chi connectivity index (χ0v) is 8.94. The fourth-order valence-corrected chi connectivity index (χ4v) is 1.71. The van der Waals surface area contributed by atoms with Crippen LogP contribution in [0.15, 0.2) is 24.4 Å². The molecule has 0 saturated heterocycles. The highest BCUT2D eigenvalue weighted by Crippen LogP contribution is 2.27. The lowest BCUT2D eigenvalue weighted by molar-refractivity contribution is -0.128. The van der Waals surface area contributed by atoms with E-state index in [2.05, 4.69) is 10.3 Å². The van der Waals surface area contributed by atoms with Crippen molar-refractivity contribution in [1.29, 1.82) is 0 Å². The van der Waals surface area contributed by atoms with Crippen LogP contribution >= 0.6 is 0 Å². The topological polar surface area (TPSA) is 42.0 Å². The van der Waals surface area contributed by atoms with Crippen LogP contribution in [0.25, 0.3) is 0 Å². The van der Waals surface area contributed by atoms with Gasteiger partial charge in [0.15, 0.2) is 0 Å². The summed E-state index contributed by atoms with van der Waals surface area (Å²) < 4.78 is 0. The molecule has 15 heavy (non-hydrogen) atoms. The van der Waals surface area contributed by atoms with E-state index in [9.17, 15) is 4.79 Å². The Morgan fingerprint density at radius 3 is 2.87 bits per heavy atom. The maximum absolute atomic E-state index is 11.7. The standard InChI is InChI=1S/C12H16N2O/c1-9(11-7-2-3-8-13-11)14-12(15)10-5-4-6-10/h2-3,7-10H,4-6H2,1H3,(H,14,15)/t9-/m1/s1. The van der Waals surface area contributed by atoms with E-state index in [4.69, 9.17) is 0 Å². The minimum Gasteiger partial charge on any atom is -0.348 e. The van der Waals surface area contributed by atoms with Crippen LogP contribution in [0, 0.1) is 5.92 Å². The second-order valence-electron chi connectivity index (χ2n) is 4.11. The molecule has 1 aliphatic carbocycles. The normalized spacial score (nSPS) is 17.9. The van der Waals surface area contributed by atoms with E-state index in [1.807, 2.05) is 25.1 Å². The van der Waals surface area contributed by atoms with Gasteiger partial charge < -0.3 is 5.32 Å². The first-order valence-electron chi connectivity index (χ1n) is 5.48. The van der Waals surface area contributed by atoms with Crippen molar-refractivity contribution in [2.75, 3.05) is 0 Å². The molecule has 1 aromatic heterocycles. The van der Waals surface area contributed by atoms with Gasteiger partial charge in [-0.05, 0) is 31.9 Å². The summed E-state index contributed by atoms with van der Waals surface area (Å²) in [6, 6.07) is 5.77. The van der Waals surface area contributed by atoms with Crippen LogP contribution in [0.2, 0.25) is 0 Å². The summed E-state index contributed by atoms with van der Waals surface area (Å²) in [4.78, 5) is 15.9. The van der Waals surface area contributed by atoms with E-state index >= 15 is 0 Å². The van der Waals surface area contributed by atoms with Crippen molar-refractivity contribution in [3.8, 4) is 0 Å². The summed E-state index contributed by atoms with van der Waals surface area (Å²) in [5.41, 5.74) is 0.921. The molecule has 1 fully saturated rings. The van der Waals surface area contributed by atoms with Crippen molar-refractivity contribution in [3.63, 3.8) is 0 Å². The van der Waals surface area contributed by atoms with Gasteiger partial charge in [-0.25, -0.2) is 0 Å². The van der Waals surface area contributed by atoms with Crippen molar-refractivity contribution < 1.29 is 4.79 Å². The lowest BCUT2D eigenvalue weighted by Gasteiger charge is -2.25. The second-order valence-corrected chi connectivity index (χ2v) is 4.11. The molecule has 3 heteroatoms. The summed E-state index contributed by atoms with van der Waals surface area (Å²) in [5.74, 6) is 0.426. The average molecular weight is 204 g/mol. The molecular weight excluding hydrogens is 188 g/mol. The van der Waals surface area contributed by atoms with E-state index in [0.29, 0.717) is 0 Å². The van der Waals surface area contributed by atoms with Gasteiger partial charge in [0.2, 0.25) is 5.91 Å². The first-order chi connectivity index (χ1) is 7.27. The number of carbonyl (C=O) groups is 1. The molecule has 0 aliphatic heterocycles. The minimum atomic E-state index is 0.0132. The fourth-order valence-electron chi connectivity index (χ4n) is 1.71. The highest BCUT2D eigenvalue weighted by atomic mass is 16.2. The number of hydrogen-bond acceptors (Lipinski definition) is 2. The van der Waals surface area contributed by atoms with Gasteiger partial charge in [0.25, 0.3) is 0 Å². The molecule has 1 aliphatic rings. The minimum absolute atomic E-state index is 0.0132. The molecule has 1 saturated carbocycles. The summed E-state index contributed by atoms with van der Waals surface area (Å²) in [6.07, 6.45) is 5.03. The molecule has 1 N–H and O–H groups in total. The van der Waals surface area contributed by atoms with E-state index in [-0.39, 0.29) is 17.9 Å². The van der Waals surface area contributed by atoms with Gasteiger partial charge in [0.05, 0.1) is 11.7 Å². The van der Waals surface area contributed by atoms with Gasteiger partial charge in [-0.1, -0.05) is 12.5 Å². The molecule has 2 rings (SSSR count). The Labute approximate surface area is 89.9 Å². The van der Waals surface area contributed by atoms with E-state index < -0.39 is 0 Å². The lowest BCUT2D eigenvalue weighted by atomic mass is 9.84. The molecule has 0 radical (unpaired) electrons. The number of hydrogen-bond donors (Lipinski definition) is 1. The number of aromatic nitrogens is 1. The van der Waals surface area contributed by atoms with Gasteiger partial charge in [-0.3, -0.25) is 9.78 Å². The lowest BCUT2D eigenvalue weighted by Crippen LogP contribution is -2.36. The Morgan fingerprint density at radius 1 is 1.53 bits per heavy atom. The average Bonchev–Trinajstić information content (AvgIpc) is 2.16. The van der Waals surface area contributed by atoms with E-state index in [1.54, 1.807) is 6.20 Å². The first-order valence-corrected chi connectivity index (χ1v) is 5.48. The third-order valence-corrected chi connectivity index (χ3v) is 2.97. The number of pyridine rings is 1.